The largest absolute Gasteiger partial charge is 0.325 e. The molecule has 2 aromatic rings. The van der Waals surface area contributed by atoms with E-state index in [0.29, 0.717) is 11.5 Å². The molecule has 0 fully saturated rings. The van der Waals surface area contributed by atoms with E-state index in [4.69, 9.17) is 0 Å². The Morgan fingerprint density at radius 2 is 2.05 bits per heavy atom. The Labute approximate surface area is 122 Å². The van der Waals surface area contributed by atoms with Crippen molar-refractivity contribution in [2.75, 3.05) is 0 Å². The third kappa shape index (κ3) is 2.36. The van der Waals surface area contributed by atoms with Gasteiger partial charge in [-0.25, -0.2) is 4.39 Å². The van der Waals surface area contributed by atoms with Crippen molar-refractivity contribution in [3.63, 3.8) is 0 Å². The van der Waals surface area contributed by atoms with Crippen LogP contribution >= 0.6 is 0 Å². The molecule has 0 bridgehead atoms. The van der Waals surface area contributed by atoms with Crippen LogP contribution in [0.15, 0.2) is 29.1 Å². The SMILES string of the molecule is CC1CCc2[nH]c(=O)c(C#N)c(-c3ccc(F)cc3)c2C1. The molecule has 0 saturated carbocycles. The van der Waals surface area contributed by atoms with Crippen LogP contribution in [0.2, 0.25) is 0 Å². The first-order chi connectivity index (χ1) is 10.1. The van der Waals surface area contributed by atoms with E-state index >= 15 is 0 Å². The third-order valence-corrected chi connectivity index (χ3v) is 4.09. The molecule has 1 atom stereocenters. The number of H-pyrrole nitrogens is 1. The molecule has 3 rings (SSSR count). The molecule has 1 N–H and O–H groups in total. The Kier molecular flexibility index (Phi) is 3.34. The van der Waals surface area contributed by atoms with E-state index in [1.54, 1.807) is 12.1 Å². The molecule has 1 aromatic carbocycles. The van der Waals surface area contributed by atoms with Crippen LogP contribution in [0.4, 0.5) is 4.39 Å². The molecule has 1 heterocycles. The average Bonchev–Trinajstić information content (AvgIpc) is 2.47. The maximum absolute atomic E-state index is 13.1. The van der Waals surface area contributed by atoms with Gasteiger partial charge in [-0.15, -0.1) is 0 Å². The van der Waals surface area contributed by atoms with Crippen molar-refractivity contribution in [1.82, 2.24) is 4.98 Å². The van der Waals surface area contributed by atoms with Crippen molar-refractivity contribution in [3.8, 4) is 17.2 Å². The van der Waals surface area contributed by atoms with Crippen molar-refractivity contribution < 1.29 is 4.39 Å². The highest BCUT2D eigenvalue weighted by atomic mass is 19.1. The normalized spacial score (nSPS) is 17.1. The Hall–Kier alpha value is -2.41. The molecule has 0 radical (unpaired) electrons. The second-order valence-electron chi connectivity index (χ2n) is 5.63. The molecule has 0 amide bonds. The van der Waals surface area contributed by atoms with Gasteiger partial charge in [0.15, 0.2) is 0 Å². The number of nitrogens with one attached hydrogen (secondary N) is 1. The number of hydrogen-bond donors (Lipinski definition) is 1. The zero-order valence-electron chi connectivity index (χ0n) is 11.7. The summed E-state index contributed by atoms with van der Waals surface area (Å²) in [6.07, 6.45) is 2.66. The number of aryl methyl sites for hydroxylation is 1. The first-order valence-corrected chi connectivity index (χ1v) is 7.04. The number of fused-ring (bicyclic) bond motifs is 1. The van der Waals surface area contributed by atoms with Crippen LogP contribution in [0.25, 0.3) is 11.1 Å². The zero-order chi connectivity index (χ0) is 15.0. The zero-order valence-corrected chi connectivity index (χ0v) is 11.7. The number of aromatic nitrogens is 1. The first-order valence-electron chi connectivity index (χ1n) is 7.04. The lowest BCUT2D eigenvalue weighted by atomic mass is 9.82. The second kappa shape index (κ2) is 5.17. The molecular weight excluding hydrogens is 267 g/mol. The highest BCUT2D eigenvalue weighted by molar-refractivity contribution is 5.74. The van der Waals surface area contributed by atoms with Crippen molar-refractivity contribution >= 4 is 0 Å². The molecule has 1 aromatic heterocycles. The quantitative estimate of drug-likeness (QED) is 0.873. The Morgan fingerprint density at radius 3 is 2.71 bits per heavy atom. The van der Waals surface area contributed by atoms with Gasteiger partial charge in [0, 0.05) is 11.3 Å². The van der Waals surface area contributed by atoms with E-state index in [9.17, 15) is 14.4 Å². The molecule has 1 aliphatic carbocycles. The van der Waals surface area contributed by atoms with Gasteiger partial charge in [-0.2, -0.15) is 5.26 Å². The van der Waals surface area contributed by atoms with Crippen LogP contribution in [0, 0.1) is 23.1 Å². The summed E-state index contributed by atoms with van der Waals surface area (Å²) in [5.74, 6) is 0.179. The predicted molar refractivity (Wildman–Crippen MR) is 78.4 cm³/mol. The van der Waals surface area contributed by atoms with Crippen LogP contribution in [-0.4, -0.2) is 4.98 Å². The van der Waals surface area contributed by atoms with Crippen LogP contribution in [0.5, 0.6) is 0 Å². The number of aromatic amines is 1. The Balaban J connectivity index is 2.31. The maximum Gasteiger partial charge on any atom is 0.266 e. The monoisotopic (exact) mass is 282 g/mol. The number of halogens is 1. The molecule has 0 aliphatic heterocycles. The summed E-state index contributed by atoms with van der Waals surface area (Å²) in [5.41, 5.74) is 3.10. The van der Waals surface area contributed by atoms with Crippen LogP contribution < -0.4 is 5.56 Å². The van der Waals surface area contributed by atoms with Gasteiger partial charge in [-0.3, -0.25) is 4.79 Å². The molecule has 106 valence electrons. The fourth-order valence-corrected chi connectivity index (χ4v) is 3.01. The number of pyridine rings is 1. The van der Waals surface area contributed by atoms with Crippen molar-refractivity contribution in [2.45, 2.75) is 26.2 Å². The standard InChI is InChI=1S/C17H15FN2O/c1-10-2-7-15-13(8-10)16(14(9-19)17(21)20-15)11-3-5-12(18)6-4-11/h3-6,10H,2,7-8H2,1H3,(H,20,21). The van der Waals surface area contributed by atoms with Crippen molar-refractivity contribution in [2.24, 2.45) is 5.92 Å². The lowest BCUT2D eigenvalue weighted by Gasteiger charge is -2.24. The van der Waals surface area contributed by atoms with Gasteiger partial charge >= 0.3 is 0 Å². The molecule has 1 aliphatic rings. The minimum Gasteiger partial charge on any atom is -0.325 e. The topological polar surface area (TPSA) is 56.6 Å². The van der Waals surface area contributed by atoms with Gasteiger partial charge in [0.05, 0.1) is 0 Å². The summed E-state index contributed by atoms with van der Waals surface area (Å²) in [4.78, 5) is 14.9. The predicted octanol–water partition coefficient (Wildman–Crippen LogP) is 3.18. The van der Waals surface area contributed by atoms with E-state index in [2.05, 4.69) is 11.9 Å². The summed E-state index contributed by atoms with van der Waals surface area (Å²) in [5, 5.41) is 9.34. The van der Waals surface area contributed by atoms with Gasteiger partial charge in [-0.05, 0) is 48.4 Å². The van der Waals surface area contributed by atoms with E-state index < -0.39 is 0 Å². The van der Waals surface area contributed by atoms with Gasteiger partial charge in [0.2, 0.25) is 0 Å². The van der Waals surface area contributed by atoms with Gasteiger partial charge in [0.25, 0.3) is 5.56 Å². The first kappa shape index (κ1) is 13.6. The van der Waals surface area contributed by atoms with Gasteiger partial charge in [0.1, 0.15) is 17.4 Å². The minimum absolute atomic E-state index is 0.120. The summed E-state index contributed by atoms with van der Waals surface area (Å²) in [6.45, 7) is 2.16. The van der Waals surface area contributed by atoms with E-state index in [0.717, 1.165) is 36.1 Å². The molecule has 1 unspecified atom stereocenters. The lowest BCUT2D eigenvalue weighted by Crippen LogP contribution is -2.22. The maximum atomic E-state index is 13.1. The number of nitriles is 1. The number of benzene rings is 1. The molecule has 21 heavy (non-hydrogen) atoms. The highest BCUT2D eigenvalue weighted by Crippen LogP contribution is 2.33. The smallest absolute Gasteiger partial charge is 0.266 e. The van der Waals surface area contributed by atoms with Crippen molar-refractivity contribution in [1.29, 1.82) is 5.26 Å². The fourth-order valence-electron chi connectivity index (χ4n) is 3.01. The molecule has 0 spiro atoms. The van der Waals surface area contributed by atoms with E-state index in [1.165, 1.54) is 12.1 Å². The van der Waals surface area contributed by atoms with Crippen LogP contribution in [0.3, 0.4) is 0 Å². The summed E-state index contributed by atoms with van der Waals surface area (Å²) in [6, 6.07) is 7.98. The molecule has 3 nitrogen and oxygen atoms in total. The number of hydrogen-bond acceptors (Lipinski definition) is 2. The molecule has 4 heteroatoms. The summed E-state index contributed by atoms with van der Waals surface area (Å²) < 4.78 is 13.1. The third-order valence-electron chi connectivity index (χ3n) is 4.09. The minimum atomic E-state index is -0.356. The van der Waals surface area contributed by atoms with E-state index in [-0.39, 0.29) is 16.9 Å². The van der Waals surface area contributed by atoms with Crippen molar-refractivity contribution in [3.05, 3.63) is 57.3 Å². The Morgan fingerprint density at radius 1 is 1.33 bits per heavy atom. The van der Waals surface area contributed by atoms with Crippen LogP contribution in [-0.2, 0) is 12.8 Å². The highest BCUT2D eigenvalue weighted by Gasteiger charge is 2.23. The lowest BCUT2D eigenvalue weighted by molar-refractivity contribution is 0.494. The second-order valence-corrected chi connectivity index (χ2v) is 5.63. The molecular formula is C17H15FN2O. The summed E-state index contributed by atoms with van der Waals surface area (Å²) >= 11 is 0. The van der Waals surface area contributed by atoms with Gasteiger partial charge in [-0.1, -0.05) is 19.1 Å². The molecule has 0 saturated heterocycles. The summed E-state index contributed by atoms with van der Waals surface area (Å²) in [7, 11) is 0. The number of nitrogens with zero attached hydrogens (tertiary/aromatic N) is 1. The van der Waals surface area contributed by atoms with Gasteiger partial charge < -0.3 is 4.98 Å². The fraction of sp³-hybridized carbons (Fsp3) is 0.294. The Bertz CT molecular complexity index is 784. The average molecular weight is 282 g/mol. The van der Waals surface area contributed by atoms with E-state index in [1.807, 2.05) is 6.07 Å². The van der Waals surface area contributed by atoms with Crippen LogP contribution in [0.1, 0.15) is 30.2 Å². The number of rotatable bonds is 1.